The molecule has 134 valence electrons. The summed E-state index contributed by atoms with van der Waals surface area (Å²) in [5.41, 5.74) is 1.13. The molecule has 1 atom stereocenters. The number of rotatable bonds is 6. The highest BCUT2D eigenvalue weighted by molar-refractivity contribution is 7.99. The number of benzene rings is 1. The molecule has 1 aliphatic rings. The zero-order chi connectivity index (χ0) is 17.6. The Morgan fingerprint density at radius 2 is 1.96 bits per heavy atom. The summed E-state index contributed by atoms with van der Waals surface area (Å²) in [5, 5.41) is 8.78. The van der Waals surface area contributed by atoms with Crippen molar-refractivity contribution in [1.29, 1.82) is 0 Å². The number of carbonyl (C=O) groups is 1. The molecule has 1 amide bonds. The zero-order valence-corrected chi connectivity index (χ0v) is 15.7. The van der Waals surface area contributed by atoms with Gasteiger partial charge in [0.25, 0.3) is 5.22 Å². The fourth-order valence-electron chi connectivity index (χ4n) is 3.19. The molecule has 1 fully saturated rings. The second kappa shape index (κ2) is 8.52. The van der Waals surface area contributed by atoms with E-state index in [1.807, 2.05) is 44.3 Å². The average molecular weight is 359 g/mol. The van der Waals surface area contributed by atoms with Crippen LogP contribution in [0.5, 0.6) is 0 Å². The third kappa shape index (κ3) is 4.63. The van der Waals surface area contributed by atoms with Crippen LogP contribution in [0.4, 0.5) is 0 Å². The van der Waals surface area contributed by atoms with Crippen LogP contribution in [-0.2, 0) is 4.79 Å². The lowest BCUT2D eigenvalue weighted by Crippen LogP contribution is -2.31. The number of hydrogen-bond acceptors (Lipinski definition) is 5. The SMILES string of the molecule is CC(c1ccccc1)N(C)C(=O)CSc1nnc(C2CCCCC2)o1. The van der Waals surface area contributed by atoms with Gasteiger partial charge in [0.15, 0.2) is 0 Å². The highest BCUT2D eigenvalue weighted by Gasteiger charge is 2.22. The van der Waals surface area contributed by atoms with Crippen molar-refractivity contribution in [2.45, 2.75) is 56.2 Å². The van der Waals surface area contributed by atoms with E-state index in [4.69, 9.17) is 4.42 Å². The summed E-state index contributed by atoms with van der Waals surface area (Å²) in [6, 6.07) is 10.1. The van der Waals surface area contributed by atoms with Gasteiger partial charge in [-0.2, -0.15) is 0 Å². The Balaban J connectivity index is 1.52. The molecule has 0 bridgehead atoms. The van der Waals surface area contributed by atoms with Gasteiger partial charge in [-0.15, -0.1) is 10.2 Å². The first kappa shape index (κ1) is 18.0. The van der Waals surface area contributed by atoms with Gasteiger partial charge in [0, 0.05) is 13.0 Å². The molecule has 0 N–H and O–H groups in total. The first-order valence-electron chi connectivity index (χ1n) is 8.92. The van der Waals surface area contributed by atoms with E-state index < -0.39 is 0 Å². The predicted molar refractivity (Wildman–Crippen MR) is 98.5 cm³/mol. The van der Waals surface area contributed by atoms with Crippen LogP contribution in [0.1, 0.15) is 62.4 Å². The number of carbonyl (C=O) groups excluding carboxylic acids is 1. The van der Waals surface area contributed by atoms with Gasteiger partial charge in [-0.3, -0.25) is 4.79 Å². The van der Waals surface area contributed by atoms with Crippen LogP contribution in [0.2, 0.25) is 0 Å². The van der Waals surface area contributed by atoms with Crippen molar-refractivity contribution in [3.63, 3.8) is 0 Å². The molecule has 25 heavy (non-hydrogen) atoms. The average Bonchev–Trinajstić information content (AvgIpc) is 3.15. The maximum Gasteiger partial charge on any atom is 0.277 e. The van der Waals surface area contributed by atoms with E-state index >= 15 is 0 Å². The van der Waals surface area contributed by atoms with E-state index in [1.54, 1.807) is 4.90 Å². The van der Waals surface area contributed by atoms with Crippen molar-refractivity contribution in [1.82, 2.24) is 15.1 Å². The third-order valence-corrected chi connectivity index (χ3v) is 5.76. The third-order valence-electron chi connectivity index (χ3n) is 4.95. The molecule has 1 aromatic heterocycles. The Labute approximate surface area is 153 Å². The molecule has 2 aromatic rings. The molecule has 5 nitrogen and oxygen atoms in total. The molecule has 1 aliphatic carbocycles. The van der Waals surface area contributed by atoms with E-state index in [0.717, 1.165) is 24.3 Å². The van der Waals surface area contributed by atoms with Crippen molar-refractivity contribution in [3.8, 4) is 0 Å². The number of thioether (sulfide) groups is 1. The minimum absolute atomic E-state index is 0.0368. The minimum Gasteiger partial charge on any atom is -0.416 e. The lowest BCUT2D eigenvalue weighted by Gasteiger charge is -2.25. The topological polar surface area (TPSA) is 59.2 Å². The van der Waals surface area contributed by atoms with Gasteiger partial charge in [0.1, 0.15) is 0 Å². The molecule has 1 aromatic carbocycles. The monoisotopic (exact) mass is 359 g/mol. The van der Waals surface area contributed by atoms with E-state index in [9.17, 15) is 4.79 Å². The van der Waals surface area contributed by atoms with Crippen LogP contribution in [0.25, 0.3) is 0 Å². The van der Waals surface area contributed by atoms with Gasteiger partial charge in [-0.05, 0) is 25.3 Å². The van der Waals surface area contributed by atoms with Gasteiger partial charge in [-0.1, -0.05) is 61.4 Å². The van der Waals surface area contributed by atoms with Gasteiger partial charge in [-0.25, -0.2) is 0 Å². The van der Waals surface area contributed by atoms with E-state index in [0.29, 0.717) is 16.9 Å². The van der Waals surface area contributed by atoms with Crippen molar-refractivity contribution in [2.75, 3.05) is 12.8 Å². The lowest BCUT2D eigenvalue weighted by atomic mass is 9.89. The fourth-order valence-corrected chi connectivity index (χ4v) is 3.88. The summed E-state index contributed by atoms with van der Waals surface area (Å²) < 4.78 is 5.77. The summed E-state index contributed by atoms with van der Waals surface area (Å²) in [4.78, 5) is 14.2. The number of aromatic nitrogens is 2. The fraction of sp³-hybridized carbons (Fsp3) is 0.526. The number of nitrogens with zero attached hydrogens (tertiary/aromatic N) is 3. The second-order valence-electron chi connectivity index (χ2n) is 6.62. The molecule has 0 spiro atoms. The van der Waals surface area contributed by atoms with Gasteiger partial charge in [0.05, 0.1) is 11.8 Å². The molecular weight excluding hydrogens is 334 g/mol. The smallest absolute Gasteiger partial charge is 0.277 e. The van der Waals surface area contributed by atoms with E-state index in [-0.39, 0.29) is 11.9 Å². The van der Waals surface area contributed by atoms with Crippen molar-refractivity contribution < 1.29 is 9.21 Å². The Kier molecular flexibility index (Phi) is 6.13. The molecule has 1 unspecified atom stereocenters. The Morgan fingerprint density at radius 1 is 1.24 bits per heavy atom. The van der Waals surface area contributed by atoms with Crippen molar-refractivity contribution in [3.05, 3.63) is 41.8 Å². The van der Waals surface area contributed by atoms with Crippen molar-refractivity contribution >= 4 is 17.7 Å². The molecule has 0 saturated heterocycles. The maximum atomic E-state index is 12.5. The van der Waals surface area contributed by atoms with Crippen LogP contribution in [0.3, 0.4) is 0 Å². The summed E-state index contributed by atoms with van der Waals surface area (Å²) in [5.74, 6) is 1.49. The summed E-state index contributed by atoms with van der Waals surface area (Å²) in [6.45, 7) is 2.03. The Hall–Kier alpha value is -1.82. The molecule has 0 radical (unpaired) electrons. The zero-order valence-electron chi connectivity index (χ0n) is 14.9. The van der Waals surface area contributed by atoms with Crippen molar-refractivity contribution in [2.24, 2.45) is 0 Å². The summed E-state index contributed by atoms with van der Waals surface area (Å²) in [6.07, 6.45) is 6.02. The quantitative estimate of drug-likeness (QED) is 0.714. The van der Waals surface area contributed by atoms with Gasteiger partial charge < -0.3 is 9.32 Å². The van der Waals surface area contributed by atoms with Crippen LogP contribution < -0.4 is 0 Å². The highest BCUT2D eigenvalue weighted by Crippen LogP contribution is 2.33. The summed E-state index contributed by atoms with van der Waals surface area (Å²) >= 11 is 1.32. The highest BCUT2D eigenvalue weighted by atomic mass is 32.2. The van der Waals surface area contributed by atoms with Crippen LogP contribution >= 0.6 is 11.8 Å². The lowest BCUT2D eigenvalue weighted by molar-refractivity contribution is -0.128. The molecular formula is C19H25N3O2S. The number of amides is 1. The predicted octanol–water partition coefficient (Wildman–Crippen LogP) is 4.43. The largest absolute Gasteiger partial charge is 0.416 e. The summed E-state index contributed by atoms with van der Waals surface area (Å²) in [7, 11) is 1.84. The Morgan fingerprint density at radius 3 is 2.68 bits per heavy atom. The van der Waals surface area contributed by atoms with E-state index in [1.165, 1.54) is 31.0 Å². The minimum atomic E-state index is 0.0368. The molecule has 0 aliphatic heterocycles. The second-order valence-corrected chi connectivity index (χ2v) is 7.55. The Bertz CT molecular complexity index is 683. The van der Waals surface area contributed by atoms with Crippen LogP contribution in [0.15, 0.2) is 40.0 Å². The molecule has 1 heterocycles. The van der Waals surface area contributed by atoms with Gasteiger partial charge >= 0.3 is 0 Å². The number of hydrogen-bond donors (Lipinski definition) is 0. The normalized spacial score (nSPS) is 16.6. The molecule has 6 heteroatoms. The molecule has 1 saturated carbocycles. The molecule has 3 rings (SSSR count). The van der Waals surface area contributed by atoms with Gasteiger partial charge in [0.2, 0.25) is 11.8 Å². The first-order chi connectivity index (χ1) is 12.1. The van der Waals surface area contributed by atoms with Crippen LogP contribution in [-0.4, -0.2) is 33.8 Å². The maximum absolute atomic E-state index is 12.5. The van der Waals surface area contributed by atoms with Crippen LogP contribution in [0, 0.1) is 0 Å². The van der Waals surface area contributed by atoms with E-state index in [2.05, 4.69) is 10.2 Å². The first-order valence-corrected chi connectivity index (χ1v) is 9.90. The standard InChI is InChI=1S/C19H25N3O2S/c1-14(15-9-5-3-6-10-15)22(2)17(23)13-25-19-21-20-18(24-19)16-11-7-4-8-12-16/h3,5-6,9-10,14,16H,4,7-8,11-13H2,1-2H3.